The summed E-state index contributed by atoms with van der Waals surface area (Å²) in [5, 5.41) is 10.4. The molecule has 1 aromatic heterocycles. The van der Waals surface area contributed by atoms with Crippen LogP contribution in [0.3, 0.4) is 0 Å². The Morgan fingerprint density at radius 1 is 1.30 bits per heavy atom. The van der Waals surface area contributed by atoms with Crippen molar-refractivity contribution in [2.45, 2.75) is 26.3 Å². The van der Waals surface area contributed by atoms with Gasteiger partial charge in [-0.25, -0.2) is 0 Å². The molecular weight excluding hydrogens is 258 g/mol. The number of hydrogen-bond acceptors (Lipinski definition) is 5. The van der Waals surface area contributed by atoms with Gasteiger partial charge in [0.1, 0.15) is 5.75 Å². The fourth-order valence-electron chi connectivity index (χ4n) is 1.46. The molecule has 6 nitrogen and oxygen atoms in total. The van der Waals surface area contributed by atoms with E-state index in [9.17, 15) is 4.79 Å². The maximum absolute atomic E-state index is 11.6. The van der Waals surface area contributed by atoms with Gasteiger partial charge in [0.15, 0.2) is 6.61 Å². The minimum atomic E-state index is -0.238. The van der Waals surface area contributed by atoms with E-state index in [0.717, 1.165) is 0 Å². The molecule has 106 valence electrons. The molecule has 0 bridgehead atoms. The van der Waals surface area contributed by atoms with Gasteiger partial charge in [-0.3, -0.25) is 4.79 Å². The van der Waals surface area contributed by atoms with Crippen LogP contribution in [0.15, 0.2) is 34.7 Å². The highest BCUT2D eigenvalue weighted by atomic mass is 16.5. The highest BCUT2D eigenvalue weighted by Crippen LogP contribution is 2.11. The Labute approximate surface area is 117 Å². The van der Waals surface area contributed by atoms with Crippen LogP contribution >= 0.6 is 0 Å². The average Bonchev–Trinajstić information content (AvgIpc) is 2.93. The lowest BCUT2D eigenvalue weighted by molar-refractivity contribution is -0.123. The van der Waals surface area contributed by atoms with Crippen molar-refractivity contribution in [2.75, 3.05) is 6.61 Å². The predicted molar refractivity (Wildman–Crippen MR) is 72.2 cm³/mol. The molecule has 0 saturated carbocycles. The zero-order valence-corrected chi connectivity index (χ0v) is 11.5. The quantitative estimate of drug-likeness (QED) is 0.871. The number of nitrogens with zero attached hydrogens (tertiary/aromatic N) is 2. The van der Waals surface area contributed by atoms with Gasteiger partial charge in [-0.05, 0) is 12.1 Å². The lowest BCUT2D eigenvalue weighted by atomic mass is 10.2. The second-order valence-corrected chi connectivity index (χ2v) is 4.57. The van der Waals surface area contributed by atoms with Gasteiger partial charge in [0.2, 0.25) is 11.8 Å². The van der Waals surface area contributed by atoms with E-state index in [1.165, 1.54) is 0 Å². The maximum atomic E-state index is 11.6. The van der Waals surface area contributed by atoms with E-state index in [2.05, 4.69) is 15.5 Å². The van der Waals surface area contributed by atoms with Crippen molar-refractivity contribution in [3.05, 3.63) is 42.1 Å². The topological polar surface area (TPSA) is 77.2 Å². The van der Waals surface area contributed by atoms with Gasteiger partial charge >= 0.3 is 0 Å². The van der Waals surface area contributed by atoms with Crippen molar-refractivity contribution in [3.8, 4) is 5.75 Å². The first-order chi connectivity index (χ1) is 9.65. The van der Waals surface area contributed by atoms with Crippen LogP contribution < -0.4 is 10.1 Å². The molecule has 1 N–H and O–H groups in total. The largest absolute Gasteiger partial charge is 0.484 e. The molecule has 2 rings (SSSR count). The van der Waals surface area contributed by atoms with E-state index in [0.29, 0.717) is 17.5 Å². The zero-order valence-electron chi connectivity index (χ0n) is 11.5. The fourth-order valence-corrected chi connectivity index (χ4v) is 1.46. The summed E-state index contributed by atoms with van der Waals surface area (Å²) in [6.45, 7) is 4.08. The molecule has 0 saturated heterocycles. The third-order valence-electron chi connectivity index (χ3n) is 2.53. The summed E-state index contributed by atoms with van der Waals surface area (Å²) in [5.74, 6) is 1.55. The van der Waals surface area contributed by atoms with Crippen LogP contribution in [0.5, 0.6) is 5.75 Å². The second kappa shape index (κ2) is 6.70. The number of ether oxygens (including phenoxy) is 1. The van der Waals surface area contributed by atoms with Crippen molar-refractivity contribution in [1.82, 2.24) is 15.5 Å². The predicted octanol–water partition coefficient (Wildman–Crippen LogP) is 1.89. The molecule has 1 aromatic carbocycles. The van der Waals surface area contributed by atoms with Gasteiger partial charge in [0, 0.05) is 5.92 Å². The highest BCUT2D eigenvalue weighted by molar-refractivity contribution is 5.77. The fraction of sp³-hybridized carbons (Fsp3) is 0.357. The third kappa shape index (κ3) is 4.08. The number of aromatic nitrogens is 2. The molecule has 20 heavy (non-hydrogen) atoms. The number of rotatable bonds is 6. The standard InChI is InChI=1S/C14H17N3O3/c1-10(2)14-17-16-13(20-14)8-15-12(18)9-19-11-6-4-3-5-7-11/h3-7,10H,8-9H2,1-2H3,(H,15,18). The second-order valence-electron chi connectivity index (χ2n) is 4.57. The molecule has 0 aliphatic heterocycles. The van der Waals surface area contributed by atoms with Gasteiger partial charge in [0.05, 0.1) is 6.54 Å². The molecule has 0 aliphatic rings. The van der Waals surface area contributed by atoms with Crippen LogP contribution in [-0.4, -0.2) is 22.7 Å². The number of nitrogens with one attached hydrogen (secondary N) is 1. The minimum Gasteiger partial charge on any atom is -0.484 e. The first-order valence-corrected chi connectivity index (χ1v) is 6.42. The summed E-state index contributed by atoms with van der Waals surface area (Å²) in [7, 11) is 0. The van der Waals surface area contributed by atoms with Crippen molar-refractivity contribution in [2.24, 2.45) is 0 Å². The van der Waals surface area contributed by atoms with Crippen LogP contribution in [0.25, 0.3) is 0 Å². The van der Waals surface area contributed by atoms with Gasteiger partial charge in [-0.15, -0.1) is 10.2 Å². The summed E-state index contributed by atoms with van der Waals surface area (Å²) >= 11 is 0. The number of carbonyl (C=O) groups is 1. The molecule has 0 spiro atoms. The van der Waals surface area contributed by atoms with Gasteiger partial charge in [0.25, 0.3) is 5.91 Å². The number of carbonyl (C=O) groups excluding carboxylic acids is 1. The first kappa shape index (κ1) is 14.0. The van der Waals surface area contributed by atoms with E-state index in [1.54, 1.807) is 12.1 Å². The van der Waals surface area contributed by atoms with Crippen LogP contribution in [0.2, 0.25) is 0 Å². The Morgan fingerprint density at radius 2 is 2.05 bits per heavy atom. The molecule has 0 atom stereocenters. The normalized spacial score (nSPS) is 10.6. The lowest BCUT2D eigenvalue weighted by Gasteiger charge is -2.05. The van der Waals surface area contributed by atoms with Crippen molar-refractivity contribution < 1.29 is 13.9 Å². The summed E-state index contributed by atoms with van der Waals surface area (Å²) in [6, 6.07) is 9.16. The maximum Gasteiger partial charge on any atom is 0.258 e. The van der Waals surface area contributed by atoms with Crippen LogP contribution in [0.4, 0.5) is 0 Å². The molecule has 1 heterocycles. The Hall–Kier alpha value is -2.37. The van der Waals surface area contributed by atoms with E-state index in [4.69, 9.17) is 9.15 Å². The monoisotopic (exact) mass is 275 g/mol. The van der Waals surface area contributed by atoms with E-state index in [-0.39, 0.29) is 25.0 Å². The van der Waals surface area contributed by atoms with Crippen molar-refractivity contribution in [1.29, 1.82) is 0 Å². The van der Waals surface area contributed by atoms with E-state index < -0.39 is 0 Å². The summed E-state index contributed by atoms with van der Waals surface area (Å²) in [4.78, 5) is 11.6. The Bertz CT molecular complexity index is 552. The van der Waals surface area contributed by atoms with Gasteiger partial charge in [-0.1, -0.05) is 32.0 Å². The summed E-state index contributed by atoms with van der Waals surface area (Å²) < 4.78 is 10.7. The molecule has 6 heteroatoms. The highest BCUT2D eigenvalue weighted by Gasteiger charge is 2.10. The average molecular weight is 275 g/mol. The molecular formula is C14H17N3O3. The molecule has 0 radical (unpaired) electrons. The Balaban J connectivity index is 1.74. The van der Waals surface area contributed by atoms with Gasteiger partial charge in [-0.2, -0.15) is 0 Å². The molecule has 0 unspecified atom stereocenters. The van der Waals surface area contributed by atoms with Crippen LogP contribution in [0.1, 0.15) is 31.5 Å². The Kier molecular flexibility index (Phi) is 4.70. The first-order valence-electron chi connectivity index (χ1n) is 6.42. The molecule has 2 aromatic rings. The van der Waals surface area contributed by atoms with Crippen molar-refractivity contribution >= 4 is 5.91 Å². The minimum absolute atomic E-state index is 0.0464. The van der Waals surface area contributed by atoms with Crippen LogP contribution in [-0.2, 0) is 11.3 Å². The Morgan fingerprint density at radius 3 is 2.70 bits per heavy atom. The lowest BCUT2D eigenvalue weighted by Crippen LogP contribution is -2.28. The zero-order chi connectivity index (χ0) is 14.4. The molecule has 1 amide bonds. The number of hydrogen-bond donors (Lipinski definition) is 1. The number of amides is 1. The summed E-state index contributed by atoms with van der Waals surface area (Å²) in [6.07, 6.45) is 0. The van der Waals surface area contributed by atoms with Crippen LogP contribution in [0, 0.1) is 0 Å². The smallest absolute Gasteiger partial charge is 0.258 e. The third-order valence-corrected chi connectivity index (χ3v) is 2.53. The van der Waals surface area contributed by atoms with Crippen molar-refractivity contribution in [3.63, 3.8) is 0 Å². The molecule has 0 fully saturated rings. The van der Waals surface area contributed by atoms with E-state index >= 15 is 0 Å². The van der Waals surface area contributed by atoms with Gasteiger partial charge < -0.3 is 14.5 Å². The SMILES string of the molecule is CC(C)c1nnc(CNC(=O)COc2ccccc2)o1. The van der Waals surface area contributed by atoms with E-state index in [1.807, 2.05) is 32.0 Å². The number of para-hydroxylation sites is 1. The molecule has 0 aliphatic carbocycles. The number of benzene rings is 1. The summed E-state index contributed by atoms with van der Waals surface area (Å²) in [5.41, 5.74) is 0.